The molecule has 21 heavy (non-hydrogen) atoms. The van der Waals surface area contributed by atoms with E-state index in [2.05, 4.69) is 18.2 Å². The van der Waals surface area contributed by atoms with Crippen molar-refractivity contribution >= 4 is 10.8 Å². The van der Waals surface area contributed by atoms with Gasteiger partial charge in [0.25, 0.3) is 0 Å². The number of methoxy groups -OCH3 is 1. The van der Waals surface area contributed by atoms with Gasteiger partial charge in [0, 0.05) is 6.42 Å². The highest BCUT2D eigenvalue weighted by Crippen LogP contribution is 2.27. The fourth-order valence-electron chi connectivity index (χ4n) is 2.67. The topological polar surface area (TPSA) is 29.5 Å². The third kappa shape index (κ3) is 2.91. The first-order valence-electron chi connectivity index (χ1n) is 7.06. The molecule has 0 heterocycles. The first kappa shape index (κ1) is 13.7. The van der Waals surface area contributed by atoms with Gasteiger partial charge in [-0.3, -0.25) is 0 Å². The minimum absolute atomic E-state index is 0.525. The van der Waals surface area contributed by atoms with Crippen LogP contribution in [0.3, 0.4) is 0 Å². The Hall–Kier alpha value is -2.32. The van der Waals surface area contributed by atoms with Crippen LogP contribution in [0.5, 0.6) is 5.75 Å². The minimum atomic E-state index is -0.525. The van der Waals surface area contributed by atoms with Gasteiger partial charge in [0.05, 0.1) is 13.2 Å². The molecule has 0 aliphatic carbocycles. The Morgan fingerprint density at radius 3 is 2.57 bits per heavy atom. The molecule has 0 aromatic heterocycles. The van der Waals surface area contributed by atoms with Gasteiger partial charge in [-0.05, 0) is 34.0 Å². The van der Waals surface area contributed by atoms with Gasteiger partial charge in [-0.15, -0.1) is 0 Å². The van der Waals surface area contributed by atoms with E-state index in [4.69, 9.17) is 4.74 Å². The maximum atomic E-state index is 10.6. The van der Waals surface area contributed by atoms with Gasteiger partial charge >= 0.3 is 0 Å². The lowest BCUT2D eigenvalue weighted by Crippen LogP contribution is -2.02. The van der Waals surface area contributed by atoms with E-state index in [0.29, 0.717) is 6.42 Å². The lowest BCUT2D eigenvalue weighted by molar-refractivity contribution is 0.180. The Morgan fingerprint density at radius 2 is 1.71 bits per heavy atom. The SMILES string of the molecule is COc1cccc(CC(O)c2cccc3ccccc23)c1. The van der Waals surface area contributed by atoms with Crippen LogP contribution in [0.4, 0.5) is 0 Å². The number of rotatable bonds is 4. The first-order chi connectivity index (χ1) is 10.3. The van der Waals surface area contributed by atoms with Crippen molar-refractivity contribution in [1.29, 1.82) is 0 Å². The summed E-state index contributed by atoms with van der Waals surface area (Å²) >= 11 is 0. The van der Waals surface area contributed by atoms with Crippen molar-refractivity contribution in [1.82, 2.24) is 0 Å². The van der Waals surface area contributed by atoms with Crippen LogP contribution < -0.4 is 4.74 Å². The molecule has 0 aliphatic heterocycles. The highest BCUT2D eigenvalue weighted by atomic mass is 16.5. The van der Waals surface area contributed by atoms with Gasteiger partial charge < -0.3 is 9.84 Å². The van der Waals surface area contributed by atoms with Crippen molar-refractivity contribution in [3.05, 3.63) is 77.9 Å². The summed E-state index contributed by atoms with van der Waals surface area (Å²) in [6, 6.07) is 22.0. The van der Waals surface area contributed by atoms with Crippen LogP contribution in [0.15, 0.2) is 66.7 Å². The van der Waals surface area contributed by atoms with E-state index in [1.807, 2.05) is 48.5 Å². The summed E-state index contributed by atoms with van der Waals surface area (Å²) in [6.45, 7) is 0. The van der Waals surface area contributed by atoms with E-state index < -0.39 is 6.10 Å². The maximum absolute atomic E-state index is 10.6. The summed E-state index contributed by atoms with van der Waals surface area (Å²) in [5.74, 6) is 0.817. The van der Waals surface area contributed by atoms with Crippen LogP contribution in [0.25, 0.3) is 10.8 Å². The van der Waals surface area contributed by atoms with Crippen LogP contribution in [0.2, 0.25) is 0 Å². The van der Waals surface area contributed by atoms with E-state index in [1.54, 1.807) is 7.11 Å². The summed E-state index contributed by atoms with van der Waals surface area (Å²) in [6.07, 6.45) is 0.0498. The summed E-state index contributed by atoms with van der Waals surface area (Å²) in [4.78, 5) is 0. The van der Waals surface area contributed by atoms with Crippen LogP contribution >= 0.6 is 0 Å². The van der Waals surface area contributed by atoms with Crippen molar-refractivity contribution in [3.8, 4) is 5.75 Å². The lowest BCUT2D eigenvalue weighted by Gasteiger charge is -2.14. The number of fused-ring (bicyclic) bond motifs is 1. The van der Waals surface area contributed by atoms with Crippen molar-refractivity contribution in [2.45, 2.75) is 12.5 Å². The van der Waals surface area contributed by atoms with Crippen molar-refractivity contribution in [2.24, 2.45) is 0 Å². The largest absolute Gasteiger partial charge is 0.497 e. The number of hydrogen-bond acceptors (Lipinski definition) is 2. The molecule has 3 aromatic carbocycles. The fraction of sp³-hybridized carbons (Fsp3) is 0.158. The number of aliphatic hydroxyl groups is 1. The molecule has 1 unspecified atom stereocenters. The summed E-state index contributed by atoms with van der Waals surface area (Å²) in [7, 11) is 1.65. The van der Waals surface area contributed by atoms with Crippen LogP contribution in [0, 0.1) is 0 Å². The molecular formula is C19H18O2. The second kappa shape index (κ2) is 5.98. The molecule has 3 rings (SSSR count). The smallest absolute Gasteiger partial charge is 0.119 e. The quantitative estimate of drug-likeness (QED) is 0.777. The summed E-state index contributed by atoms with van der Waals surface area (Å²) in [5.41, 5.74) is 2.03. The molecule has 1 N–H and O–H groups in total. The van der Waals surface area contributed by atoms with Crippen molar-refractivity contribution < 1.29 is 9.84 Å². The Morgan fingerprint density at radius 1 is 0.952 bits per heavy atom. The molecule has 0 bridgehead atoms. The zero-order valence-electron chi connectivity index (χ0n) is 12.0. The number of aliphatic hydroxyl groups excluding tert-OH is 1. The molecule has 2 nitrogen and oxygen atoms in total. The van der Waals surface area contributed by atoms with Gasteiger partial charge in [0.2, 0.25) is 0 Å². The van der Waals surface area contributed by atoms with E-state index >= 15 is 0 Å². The second-order valence-corrected chi connectivity index (χ2v) is 5.14. The average molecular weight is 278 g/mol. The van der Waals surface area contributed by atoms with Gasteiger partial charge in [0.15, 0.2) is 0 Å². The van der Waals surface area contributed by atoms with Gasteiger partial charge in [-0.2, -0.15) is 0 Å². The van der Waals surface area contributed by atoms with Crippen molar-refractivity contribution in [2.75, 3.05) is 7.11 Å². The summed E-state index contributed by atoms with van der Waals surface area (Å²) in [5, 5.41) is 12.9. The third-order valence-electron chi connectivity index (χ3n) is 3.75. The van der Waals surface area contributed by atoms with Crippen LogP contribution in [-0.2, 0) is 6.42 Å². The fourth-order valence-corrected chi connectivity index (χ4v) is 2.67. The first-order valence-corrected chi connectivity index (χ1v) is 7.06. The molecule has 1 atom stereocenters. The Kier molecular flexibility index (Phi) is 3.89. The molecule has 3 aromatic rings. The van der Waals surface area contributed by atoms with E-state index in [9.17, 15) is 5.11 Å². The average Bonchev–Trinajstić information content (AvgIpc) is 2.54. The number of hydrogen-bond donors (Lipinski definition) is 1. The third-order valence-corrected chi connectivity index (χ3v) is 3.75. The zero-order valence-corrected chi connectivity index (χ0v) is 12.0. The van der Waals surface area contributed by atoms with E-state index in [-0.39, 0.29) is 0 Å². The molecule has 0 saturated heterocycles. The van der Waals surface area contributed by atoms with Gasteiger partial charge in [0.1, 0.15) is 5.75 Å². The molecule has 0 fully saturated rings. The Bertz CT molecular complexity index is 744. The molecule has 0 radical (unpaired) electrons. The van der Waals surface area contributed by atoms with Crippen molar-refractivity contribution in [3.63, 3.8) is 0 Å². The molecule has 0 spiro atoms. The van der Waals surface area contributed by atoms with Crippen LogP contribution in [-0.4, -0.2) is 12.2 Å². The van der Waals surface area contributed by atoms with Crippen LogP contribution in [0.1, 0.15) is 17.2 Å². The Labute approximate surface area is 124 Å². The van der Waals surface area contributed by atoms with Gasteiger partial charge in [-0.25, -0.2) is 0 Å². The van der Waals surface area contributed by atoms with E-state index in [0.717, 1.165) is 27.6 Å². The highest BCUT2D eigenvalue weighted by molar-refractivity contribution is 5.86. The zero-order chi connectivity index (χ0) is 14.7. The Balaban J connectivity index is 1.91. The maximum Gasteiger partial charge on any atom is 0.119 e. The number of ether oxygens (including phenoxy) is 1. The molecule has 2 heteroatoms. The molecule has 106 valence electrons. The highest BCUT2D eigenvalue weighted by Gasteiger charge is 2.12. The molecule has 0 amide bonds. The van der Waals surface area contributed by atoms with E-state index in [1.165, 1.54) is 0 Å². The lowest BCUT2D eigenvalue weighted by atomic mass is 9.96. The molecule has 0 aliphatic rings. The summed E-state index contributed by atoms with van der Waals surface area (Å²) < 4.78 is 5.23. The number of benzene rings is 3. The predicted octanol–water partition coefficient (Wildman–Crippen LogP) is 4.12. The van der Waals surface area contributed by atoms with Gasteiger partial charge in [-0.1, -0.05) is 54.6 Å². The monoisotopic (exact) mass is 278 g/mol. The second-order valence-electron chi connectivity index (χ2n) is 5.14. The predicted molar refractivity (Wildman–Crippen MR) is 85.6 cm³/mol. The minimum Gasteiger partial charge on any atom is -0.497 e. The molecular weight excluding hydrogens is 260 g/mol. The normalized spacial score (nSPS) is 12.3. The standard InChI is InChI=1S/C19H18O2/c1-21-16-9-4-6-14(12-16)13-19(20)18-11-5-8-15-7-2-3-10-17(15)18/h2-12,19-20H,13H2,1H3. The molecule has 0 saturated carbocycles.